The Bertz CT molecular complexity index is 776. The molecule has 2 heterocycles. The van der Waals surface area contributed by atoms with E-state index in [4.69, 9.17) is 12.2 Å². The smallest absolute Gasteiger partial charge is 0.276 e. The van der Waals surface area contributed by atoms with Crippen molar-refractivity contribution < 1.29 is 4.79 Å². The number of aromatic nitrogens is 2. The van der Waals surface area contributed by atoms with E-state index >= 15 is 0 Å². The Morgan fingerprint density at radius 3 is 2.70 bits per heavy atom. The predicted molar refractivity (Wildman–Crippen MR) is 93.3 cm³/mol. The summed E-state index contributed by atoms with van der Waals surface area (Å²) in [6.45, 7) is 5.28. The quantitative estimate of drug-likeness (QED) is 0.693. The van der Waals surface area contributed by atoms with Crippen LogP contribution in [0.5, 0.6) is 0 Å². The lowest BCUT2D eigenvalue weighted by Gasteiger charge is -2.12. The molecule has 1 aliphatic rings. The average molecular weight is 326 g/mol. The fourth-order valence-electron chi connectivity index (χ4n) is 2.39. The number of carbonyl (C=O) groups excluding carboxylic acids is 1. The number of nitrogens with one attached hydrogen (secondary N) is 1. The highest BCUT2D eigenvalue weighted by Gasteiger charge is 2.30. The summed E-state index contributed by atoms with van der Waals surface area (Å²) in [5, 5.41) is 7.65. The number of hydrogen-bond donors (Lipinski definition) is 1. The summed E-state index contributed by atoms with van der Waals surface area (Å²) in [5.74, 6) is -0.111. The van der Waals surface area contributed by atoms with Crippen molar-refractivity contribution in [3.8, 4) is 0 Å². The zero-order valence-electron chi connectivity index (χ0n) is 13.1. The Balaban J connectivity index is 1.78. The van der Waals surface area contributed by atoms with Gasteiger partial charge in [0.2, 0.25) is 0 Å². The van der Waals surface area contributed by atoms with Crippen LogP contribution in [0.15, 0.2) is 42.4 Å². The minimum atomic E-state index is -0.111. The third-order valence-electron chi connectivity index (χ3n) is 3.70. The molecule has 0 saturated carbocycles. The summed E-state index contributed by atoms with van der Waals surface area (Å²) >= 11 is 5.29. The molecule has 0 atom stereocenters. The number of nitrogens with zero attached hydrogens (tertiary/aromatic N) is 3. The number of carbonyl (C=O) groups is 1. The van der Waals surface area contributed by atoms with Crippen LogP contribution in [0.2, 0.25) is 0 Å². The average Bonchev–Trinajstić information content (AvgIpc) is 3.10. The lowest BCUT2D eigenvalue weighted by Crippen LogP contribution is -2.29. The Kier molecular flexibility index (Phi) is 4.25. The van der Waals surface area contributed by atoms with Crippen molar-refractivity contribution in [1.29, 1.82) is 0 Å². The van der Waals surface area contributed by atoms with Gasteiger partial charge in [-0.05, 0) is 37.7 Å². The number of aryl methyl sites for hydroxylation is 2. The first-order chi connectivity index (χ1) is 11.1. The highest BCUT2D eigenvalue weighted by Crippen LogP contribution is 2.17. The molecule has 5 nitrogen and oxygen atoms in total. The fourth-order valence-corrected chi connectivity index (χ4v) is 2.65. The second kappa shape index (κ2) is 6.34. The Morgan fingerprint density at radius 2 is 2.04 bits per heavy atom. The normalized spacial score (nSPS) is 16.3. The van der Waals surface area contributed by atoms with Crippen LogP contribution < -0.4 is 5.32 Å². The van der Waals surface area contributed by atoms with Crippen molar-refractivity contribution in [2.24, 2.45) is 0 Å². The fraction of sp³-hybridized carbons (Fsp3) is 0.235. The van der Waals surface area contributed by atoms with E-state index < -0.39 is 0 Å². The van der Waals surface area contributed by atoms with E-state index in [0.29, 0.717) is 17.4 Å². The van der Waals surface area contributed by atoms with Crippen molar-refractivity contribution in [2.45, 2.75) is 26.9 Å². The van der Waals surface area contributed by atoms with Crippen LogP contribution in [0, 0.1) is 6.92 Å². The molecular weight excluding hydrogens is 308 g/mol. The van der Waals surface area contributed by atoms with Gasteiger partial charge in [-0.1, -0.05) is 29.8 Å². The number of rotatable bonds is 4. The van der Waals surface area contributed by atoms with Gasteiger partial charge in [-0.25, -0.2) is 0 Å². The summed E-state index contributed by atoms with van der Waals surface area (Å²) in [7, 11) is 0. The van der Waals surface area contributed by atoms with Crippen LogP contribution in [0.3, 0.4) is 0 Å². The first kappa shape index (κ1) is 15.4. The number of hydrogen-bond acceptors (Lipinski definition) is 3. The number of amides is 1. The summed E-state index contributed by atoms with van der Waals surface area (Å²) in [6, 6.07) is 7.99. The van der Waals surface area contributed by atoms with Crippen LogP contribution in [-0.4, -0.2) is 25.7 Å². The Labute approximate surface area is 140 Å². The van der Waals surface area contributed by atoms with E-state index in [1.54, 1.807) is 11.1 Å². The van der Waals surface area contributed by atoms with Gasteiger partial charge in [0, 0.05) is 18.3 Å². The van der Waals surface area contributed by atoms with E-state index in [-0.39, 0.29) is 5.91 Å². The molecule has 0 unspecified atom stereocenters. The summed E-state index contributed by atoms with van der Waals surface area (Å²) in [6.07, 6.45) is 5.52. The van der Waals surface area contributed by atoms with Gasteiger partial charge in [0.1, 0.15) is 5.70 Å². The summed E-state index contributed by atoms with van der Waals surface area (Å²) in [4.78, 5) is 14.1. The molecule has 0 aliphatic carbocycles. The van der Waals surface area contributed by atoms with E-state index in [1.165, 1.54) is 5.56 Å². The number of benzene rings is 1. The van der Waals surface area contributed by atoms with Crippen molar-refractivity contribution in [3.63, 3.8) is 0 Å². The molecule has 1 aromatic carbocycles. The van der Waals surface area contributed by atoms with E-state index in [2.05, 4.69) is 10.4 Å². The predicted octanol–water partition coefficient (Wildman–Crippen LogP) is 2.47. The lowest BCUT2D eigenvalue weighted by atomic mass is 10.1. The van der Waals surface area contributed by atoms with E-state index in [1.807, 2.05) is 55.1 Å². The van der Waals surface area contributed by atoms with Crippen LogP contribution >= 0.6 is 12.2 Å². The molecule has 118 valence electrons. The van der Waals surface area contributed by atoms with Gasteiger partial charge >= 0.3 is 0 Å². The van der Waals surface area contributed by atoms with Crippen LogP contribution in [0.1, 0.15) is 23.6 Å². The van der Waals surface area contributed by atoms with Gasteiger partial charge in [-0.3, -0.25) is 14.4 Å². The highest BCUT2D eigenvalue weighted by molar-refractivity contribution is 7.80. The summed E-state index contributed by atoms with van der Waals surface area (Å²) in [5.41, 5.74) is 3.61. The largest absolute Gasteiger partial charge is 0.328 e. The minimum absolute atomic E-state index is 0.111. The minimum Gasteiger partial charge on any atom is -0.328 e. The van der Waals surface area contributed by atoms with E-state index in [0.717, 1.165) is 17.7 Å². The second-order valence-corrected chi connectivity index (χ2v) is 5.88. The van der Waals surface area contributed by atoms with Crippen LogP contribution in [0.25, 0.3) is 6.08 Å². The molecule has 0 radical (unpaired) electrons. The van der Waals surface area contributed by atoms with Crippen molar-refractivity contribution in [3.05, 3.63) is 59.0 Å². The standard InChI is InChI=1S/C17H18N4OS/c1-3-20-10-14(9-18-20)11-21-16(22)15(19-17(21)23)8-13-6-4-12(2)5-7-13/h4-10H,3,11H2,1-2H3,(H,19,23)/b15-8+. The lowest BCUT2D eigenvalue weighted by molar-refractivity contribution is -0.122. The molecule has 1 aromatic heterocycles. The molecule has 1 fully saturated rings. The maximum Gasteiger partial charge on any atom is 0.276 e. The van der Waals surface area contributed by atoms with Gasteiger partial charge < -0.3 is 5.32 Å². The van der Waals surface area contributed by atoms with E-state index in [9.17, 15) is 4.79 Å². The zero-order chi connectivity index (χ0) is 16.4. The molecule has 1 aliphatic heterocycles. The SMILES string of the molecule is CCn1cc(CN2C(=O)/C(=C\c3ccc(C)cc3)NC2=S)cn1. The topological polar surface area (TPSA) is 50.2 Å². The zero-order valence-corrected chi connectivity index (χ0v) is 13.9. The first-order valence-electron chi connectivity index (χ1n) is 7.49. The molecule has 23 heavy (non-hydrogen) atoms. The molecule has 1 N–H and O–H groups in total. The van der Waals surface area contributed by atoms with Gasteiger partial charge in [-0.15, -0.1) is 0 Å². The van der Waals surface area contributed by atoms with Gasteiger partial charge in [0.15, 0.2) is 5.11 Å². The number of thiocarbonyl (C=S) groups is 1. The first-order valence-corrected chi connectivity index (χ1v) is 7.90. The Hall–Kier alpha value is -2.47. The molecular formula is C17H18N4OS. The second-order valence-electron chi connectivity index (χ2n) is 5.49. The van der Waals surface area contributed by atoms with Gasteiger partial charge in [0.25, 0.3) is 5.91 Å². The third-order valence-corrected chi connectivity index (χ3v) is 4.02. The molecule has 6 heteroatoms. The molecule has 0 bridgehead atoms. The van der Waals surface area contributed by atoms with Gasteiger partial charge in [-0.2, -0.15) is 5.10 Å². The van der Waals surface area contributed by atoms with Crippen molar-refractivity contribution >= 4 is 29.3 Å². The monoisotopic (exact) mass is 326 g/mol. The molecule has 1 amide bonds. The van der Waals surface area contributed by atoms with Crippen molar-refractivity contribution in [1.82, 2.24) is 20.0 Å². The molecule has 1 saturated heterocycles. The Morgan fingerprint density at radius 1 is 1.30 bits per heavy atom. The highest BCUT2D eigenvalue weighted by atomic mass is 32.1. The van der Waals surface area contributed by atoms with Crippen LogP contribution in [-0.2, 0) is 17.9 Å². The maximum absolute atomic E-state index is 12.5. The maximum atomic E-state index is 12.5. The molecule has 2 aromatic rings. The molecule has 0 spiro atoms. The summed E-state index contributed by atoms with van der Waals surface area (Å²) < 4.78 is 1.83. The van der Waals surface area contributed by atoms with Crippen LogP contribution in [0.4, 0.5) is 0 Å². The molecule has 3 rings (SSSR count). The van der Waals surface area contributed by atoms with Crippen molar-refractivity contribution in [2.75, 3.05) is 0 Å². The van der Waals surface area contributed by atoms with Gasteiger partial charge in [0.05, 0.1) is 12.7 Å². The third kappa shape index (κ3) is 3.32.